The van der Waals surface area contributed by atoms with Crippen molar-refractivity contribution in [3.8, 4) is 23.0 Å². The number of aromatic nitrogens is 3. The summed E-state index contributed by atoms with van der Waals surface area (Å²) in [6.07, 6.45) is 1.24. The molecule has 2 heterocycles. The number of carbonyl (C=O) groups excluding carboxylic acids is 1. The van der Waals surface area contributed by atoms with E-state index in [1.807, 2.05) is 0 Å². The molecule has 29 heavy (non-hydrogen) atoms. The Morgan fingerprint density at radius 2 is 1.62 bits per heavy atom. The first-order valence-corrected chi connectivity index (χ1v) is 8.58. The lowest BCUT2D eigenvalue weighted by Crippen LogP contribution is -2.23. The molecule has 0 saturated heterocycles. The van der Waals surface area contributed by atoms with E-state index in [0.717, 1.165) is 4.52 Å². The van der Waals surface area contributed by atoms with Crippen LogP contribution in [0.3, 0.4) is 0 Å². The molecule has 9 heteroatoms. The molecule has 0 unspecified atom stereocenters. The molecule has 146 valence electrons. The number of methoxy groups -OCH3 is 2. The van der Waals surface area contributed by atoms with Crippen LogP contribution in [0, 0.1) is 0 Å². The second kappa shape index (κ2) is 7.47. The van der Waals surface area contributed by atoms with Gasteiger partial charge in [0, 0.05) is 11.1 Å². The van der Waals surface area contributed by atoms with E-state index >= 15 is 0 Å². The minimum absolute atomic E-state index is 0.0158. The molecule has 9 nitrogen and oxygen atoms in total. The van der Waals surface area contributed by atoms with Crippen molar-refractivity contribution in [3.05, 3.63) is 70.6 Å². The van der Waals surface area contributed by atoms with Crippen LogP contribution in [0.25, 0.3) is 17.3 Å². The predicted molar refractivity (Wildman–Crippen MR) is 104 cm³/mol. The molecule has 2 aromatic carbocycles. The van der Waals surface area contributed by atoms with Gasteiger partial charge in [-0.2, -0.15) is 0 Å². The zero-order chi connectivity index (χ0) is 20.4. The largest absolute Gasteiger partial charge is 0.497 e. The van der Waals surface area contributed by atoms with Gasteiger partial charge in [-0.25, -0.2) is 4.98 Å². The smallest absolute Gasteiger partial charge is 0.328 e. The number of nitrogens with one attached hydrogen (secondary N) is 1. The number of rotatable bonds is 5. The zero-order valence-corrected chi connectivity index (χ0v) is 15.6. The number of nitrogens with zero attached hydrogens (tertiary/aromatic N) is 3. The molecule has 2 aromatic heterocycles. The van der Waals surface area contributed by atoms with Crippen LogP contribution in [-0.4, -0.2) is 34.7 Å². The minimum atomic E-state index is -0.555. The van der Waals surface area contributed by atoms with E-state index in [1.165, 1.54) is 13.3 Å². The highest BCUT2D eigenvalue weighted by Crippen LogP contribution is 2.22. The Balaban J connectivity index is 1.63. The number of anilines is 1. The fourth-order valence-corrected chi connectivity index (χ4v) is 2.66. The minimum Gasteiger partial charge on any atom is -0.497 e. The molecule has 4 aromatic rings. The van der Waals surface area contributed by atoms with Gasteiger partial charge in [-0.1, -0.05) is 0 Å². The van der Waals surface area contributed by atoms with Crippen molar-refractivity contribution < 1.29 is 18.7 Å². The second-order valence-corrected chi connectivity index (χ2v) is 5.99. The number of fused-ring (bicyclic) bond motifs is 1. The summed E-state index contributed by atoms with van der Waals surface area (Å²) in [6, 6.07) is 13.5. The SMILES string of the molecule is COc1ccc(C(=O)Nc2cnc3oc(-c4ccc(OC)cc4)nn3c2=O)cc1. The molecule has 0 atom stereocenters. The van der Waals surface area contributed by atoms with E-state index < -0.39 is 11.5 Å². The lowest BCUT2D eigenvalue weighted by molar-refractivity contribution is 0.102. The maximum Gasteiger partial charge on any atom is 0.328 e. The van der Waals surface area contributed by atoms with E-state index in [0.29, 0.717) is 22.6 Å². The Hall–Kier alpha value is -4.14. The first-order valence-electron chi connectivity index (χ1n) is 8.58. The van der Waals surface area contributed by atoms with E-state index in [4.69, 9.17) is 13.9 Å². The third-order valence-corrected chi connectivity index (χ3v) is 4.22. The third-order valence-electron chi connectivity index (χ3n) is 4.22. The number of amides is 1. The Labute approximate surface area is 164 Å². The normalized spacial score (nSPS) is 10.7. The maximum absolute atomic E-state index is 12.7. The molecule has 0 aliphatic carbocycles. The molecule has 1 N–H and O–H groups in total. The first-order chi connectivity index (χ1) is 14.1. The van der Waals surface area contributed by atoms with Gasteiger partial charge < -0.3 is 19.2 Å². The summed E-state index contributed by atoms with van der Waals surface area (Å²) in [5.74, 6) is 1.09. The summed E-state index contributed by atoms with van der Waals surface area (Å²) in [5, 5.41) is 6.71. The summed E-state index contributed by atoms with van der Waals surface area (Å²) < 4.78 is 16.7. The van der Waals surface area contributed by atoms with Gasteiger partial charge in [0.05, 0.1) is 20.4 Å². The number of hydrogen-bond donors (Lipinski definition) is 1. The Morgan fingerprint density at radius 1 is 1.00 bits per heavy atom. The Bertz CT molecular complexity index is 1230. The summed E-state index contributed by atoms with van der Waals surface area (Å²) >= 11 is 0. The molecular formula is C20H16N4O5. The highest BCUT2D eigenvalue weighted by Gasteiger charge is 2.15. The fourth-order valence-electron chi connectivity index (χ4n) is 2.66. The van der Waals surface area contributed by atoms with Crippen molar-refractivity contribution in [1.29, 1.82) is 0 Å². The van der Waals surface area contributed by atoms with Crippen molar-refractivity contribution in [1.82, 2.24) is 14.6 Å². The third kappa shape index (κ3) is 3.53. The Morgan fingerprint density at radius 3 is 2.24 bits per heavy atom. The van der Waals surface area contributed by atoms with Crippen LogP contribution >= 0.6 is 0 Å². The molecule has 0 spiro atoms. The summed E-state index contributed by atoms with van der Waals surface area (Å²) in [4.78, 5) is 29.2. The predicted octanol–water partition coefficient (Wildman–Crippen LogP) is 2.62. The maximum atomic E-state index is 12.7. The van der Waals surface area contributed by atoms with Gasteiger partial charge in [0.1, 0.15) is 17.2 Å². The van der Waals surface area contributed by atoms with Gasteiger partial charge in [-0.05, 0) is 48.5 Å². The summed E-state index contributed by atoms with van der Waals surface area (Å²) in [6.45, 7) is 0. The van der Waals surface area contributed by atoms with Crippen LogP contribution in [0.5, 0.6) is 11.5 Å². The molecular weight excluding hydrogens is 376 g/mol. The van der Waals surface area contributed by atoms with Crippen LogP contribution in [0.4, 0.5) is 5.69 Å². The van der Waals surface area contributed by atoms with Gasteiger partial charge in [0.25, 0.3) is 5.91 Å². The molecule has 0 aliphatic rings. The average molecular weight is 392 g/mol. The summed E-state index contributed by atoms with van der Waals surface area (Å²) in [7, 11) is 3.11. The number of benzene rings is 2. The zero-order valence-electron chi connectivity index (χ0n) is 15.6. The van der Waals surface area contributed by atoms with Crippen molar-refractivity contribution in [2.24, 2.45) is 0 Å². The van der Waals surface area contributed by atoms with Crippen molar-refractivity contribution in [2.45, 2.75) is 0 Å². The summed E-state index contributed by atoms with van der Waals surface area (Å²) in [5.41, 5.74) is 0.451. The number of hydrogen-bond acceptors (Lipinski definition) is 7. The molecule has 0 saturated carbocycles. The highest BCUT2D eigenvalue weighted by atomic mass is 16.5. The van der Waals surface area contributed by atoms with Crippen LogP contribution in [0.15, 0.2) is 63.9 Å². The number of ether oxygens (including phenoxy) is 2. The molecule has 1 amide bonds. The fraction of sp³-hybridized carbons (Fsp3) is 0.100. The lowest BCUT2D eigenvalue weighted by atomic mass is 10.2. The Kier molecular flexibility index (Phi) is 4.70. The van der Waals surface area contributed by atoms with E-state index in [2.05, 4.69) is 15.4 Å². The van der Waals surface area contributed by atoms with Gasteiger partial charge in [0.15, 0.2) is 0 Å². The molecule has 0 aliphatic heterocycles. The average Bonchev–Trinajstić information content (AvgIpc) is 3.21. The van der Waals surface area contributed by atoms with Crippen molar-refractivity contribution >= 4 is 17.4 Å². The molecule has 4 rings (SSSR count). The first kappa shape index (κ1) is 18.2. The quantitative estimate of drug-likeness (QED) is 0.556. The molecule has 0 bridgehead atoms. The van der Waals surface area contributed by atoms with Gasteiger partial charge >= 0.3 is 11.4 Å². The topological polar surface area (TPSA) is 108 Å². The molecule has 0 radical (unpaired) electrons. The van der Waals surface area contributed by atoms with Crippen molar-refractivity contribution in [3.63, 3.8) is 0 Å². The number of carbonyl (C=O) groups is 1. The van der Waals surface area contributed by atoms with Crippen molar-refractivity contribution in [2.75, 3.05) is 19.5 Å². The monoisotopic (exact) mass is 392 g/mol. The standard InChI is InChI=1S/C20H16N4O5/c1-27-14-7-3-12(4-8-14)17(25)22-16-11-21-20-24(19(16)26)23-18(29-20)13-5-9-15(28-2)10-6-13/h3-11H,1-2H3,(H,22,25). The van der Waals surface area contributed by atoms with Crippen LogP contribution in [0.2, 0.25) is 0 Å². The van der Waals surface area contributed by atoms with E-state index in [1.54, 1.807) is 55.6 Å². The second-order valence-electron chi connectivity index (χ2n) is 5.99. The van der Waals surface area contributed by atoms with Crippen LogP contribution < -0.4 is 20.3 Å². The van der Waals surface area contributed by atoms with Gasteiger partial charge in [-0.3, -0.25) is 9.59 Å². The lowest BCUT2D eigenvalue weighted by Gasteiger charge is -2.05. The highest BCUT2D eigenvalue weighted by molar-refractivity contribution is 6.04. The van der Waals surface area contributed by atoms with Crippen LogP contribution in [-0.2, 0) is 0 Å². The van der Waals surface area contributed by atoms with Crippen LogP contribution in [0.1, 0.15) is 10.4 Å². The van der Waals surface area contributed by atoms with Gasteiger partial charge in [-0.15, -0.1) is 9.61 Å². The van der Waals surface area contributed by atoms with E-state index in [-0.39, 0.29) is 17.4 Å². The van der Waals surface area contributed by atoms with Gasteiger partial charge in [0.2, 0.25) is 5.89 Å². The molecule has 0 fully saturated rings. The van der Waals surface area contributed by atoms with E-state index in [9.17, 15) is 9.59 Å².